The highest BCUT2D eigenvalue weighted by Crippen LogP contribution is 2.21. The third-order valence-corrected chi connectivity index (χ3v) is 2.34. The average molecular weight is 204 g/mol. The Balaban J connectivity index is 2.33. The minimum Gasteiger partial charge on any atom is -0.361 e. The number of H-pyrrole nitrogens is 1. The Labute approximate surface area is 87.9 Å². The first kappa shape index (κ1) is 9.93. The molecule has 3 heteroatoms. The maximum Gasteiger partial charge on any atom is 0.132 e. The number of rotatable bonds is 3. The molecule has 0 aliphatic rings. The molecular weight excluding hydrogens is 191 g/mol. The molecule has 0 aliphatic heterocycles. The Hall–Kier alpha value is -1.61. The Bertz CT molecular complexity index is 448. The van der Waals surface area contributed by atoms with Crippen LogP contribution >= 0.6 is 0 Å². The molecule has 0 fully saturated rings. The van der Waals surface area contributed by atoms with E-state index in [4.69, 9.17) is 5.73 Å². The summed E-state index contributed by atoms with van der Waals surface area (Å²) in [5.41, 5.74) is 7.96. The lowest BCUT2D eigenvalue weighted by Gasteiger charge is -1.98. The summed E-state index contributed by atoms with van der Waals surface area (Å²) < 4.78 is 13.4. The third-order valence-electron chi connectivity index (χ3n) is 2.34. The number of hydrogen-bond donors (Lipinski definition) is 2. The standard InChI is InChI=1S/C12H13FN2/c13-11-4-2-1-3-10(11)12-7-9(5-6-14)8-15-12/h1-4,7-8,15H,5-6,14H2. The number of nitrogens with one attached hydrogen (secondary N) is 1. The van der Waals surface area contributed by atoms with Crippen LogP contribution in [0, 0.1) is 5.82 Å². The van der Waals surface area contributed by atoms with Gasteiger partial charge in [-0.15, -0.1) is 0 Å². The van der Waals surface area contributed by atoms with Crippen LogP contribution < -0.4 is 5.73 Å². The van der Waals surface area contributed by atoms with Crippen molar-refractivity contribution in [3.05, 3.63) is 47.9 Å². The average Bonchev–Trinajstić information content (AvgIpc) is 2.68. The molecule has 0 radical (unpaired) electrons. The minimum atomic E-state index is -0.210. The number of halogens is 1. The van der Waals surface area contributed by atoms with Crippen molar-refractivity contribution in [3.63, 3.8) is 0 Å². The summed E-state index contributed by atoms with van der Waals surface area (Å²) in [5, 5.41) is 0. The van der Waals surface area contributed by atoms with E-state index in [9.17, 15) is 4.39 Å². The summed E-state index contributed by atoms with van der Waals surface area (Å²) in [6, 6.07) is 8.65. The van der Waals surface area contributed by atoms with Gasteiger partial charge in [0.2, 0.25) is 0 Å². The topological polar surface area (TPSA) is 41.8 Å². The predicted octanol–water partition coefficient (Wildman–Crippen LogP) is 2.32. The van der Waals surface area contributed by atoms with Gasteiger partial charge in [0.05, 0.1) is 0 Å². The normalized spacial score (nSPS) is 10.5. The largest absolute Gasteiger partial charge is 0.361 e. The number of nitrogens with two attached hydrogens (primary N) is 1. The lowest BCUT2D eigenvalue weighted by atomic mass is 10.1. The van der Waals surface area contributed by atoms with E-state index in [0.717, 1.165) is 17.7 Å². The Morgan fingerprint density at radius 3 is 2.80 bits per heavy atom. The van der Waals surface area contributed by atoms with E-state index in [2.05, 4.69) is 4.98 Å². The number of aromatic amines is 1. The smallest absolute Gasteiger partial charge is 0.132 e. The Morgan fingerprint density at radius 1 is 1.27 bits per heavy atom. The summed E-state index contributed by atoms with van der Waals surface area (Å²) in [5.74, 6) is -0.210. The molecule has 0 unspecified atom stereocenters. The summed E-state index contributed by atoms with van der Waals surface area (Å²) in [6.07, 6.45) is 2.68. The van der Waals surface area contributed by atoms with Gasteiger partial charge < -0.3 is 10.7 Å². The molecular formula is C12H13FN2. The van der Waals surface area contributed by atoms with Crippen molar-refractivity contribution in [3.8, 4) is 11.3 Å². The molecule has 0 spiro atoms. The molecule has 1 aromatic carbocycles. The van der Waals surface area contributed by atoms with E-state index in [1.165, 1.54) is 6.07 Å². The van der Waals surface area contributed by atoms with Crippen molar-refractivity contribution >= 4 is 0 Å². The molecule has 15 heavy (non-hydrogen) atoms. The van der Waals surface area contributed by atoms with Gasteiger partial charge >= 0.3 is 0 Å². The quantitative estimate of drug-likeness (QED) is 0.791. The van der Waals surface area contributed by atoms with E-state index >= 15 is 0 Å². The van der Waals surface area contributed by atoms with E-state index < -0.39 is 0 Å². The van der Waals surface area contributed by atoms with E-state index in [-0.39, 0.29) is 5.82 Å². The van der Waals surface area contributed by atoms with Crippen molar-refractivity contribution in [2.45, 2.75) is 6.42 Å². The molecule has 2 nitrogen and oxygen atoms in total. The molecule has 1 heterocycles. The van der Waals surface area contributed by atoms with Crippen LogP contribution in [-0.4, -0.2) is 11.5 Å². The van der Waals surface area contributed by atoms with Crippen LogP contribution in [0.15, 0.2) is 36.5 Å². The maximum atomic E-state index is 13.4. The molecule has 78 valence electrons. The number of benzene rings is 1. The minimum absolute atomic E-state index is 0.210. The lowest BCUT2D eigenvalue weighted by molar-refractivity contribution is 0.631. The van der Waals surface area contributed by atoms with Crippen molar-refractivity contribution in [1.29, 1.82) is 0 Å². The fourth-order valence-electron chi connectivity index (χ4n) is 1.59. The molecule has 0 amide bonds. The predicted molar refractivity (Wildman–Crippen MR) is 58.9 cm³/mol. The number of aromatic nitrogens is 1. The van der Waals surface area contributed by atoms with Gasteiger partial charge in [0, 0.05) is 17.5 Å². The summed E-state index contributed by atoms with van der Waals surface area (Å²) in [7, 11) is 0. The SMILES string of the molecule is NCCc1c[nH]c(-c2ccccc2F)c1. The fraction of sp³-hybridized carbons (Fsp3) is 0.167. The Kier molecular flexibility index (Phi) is 2.83. The van der Waals surface area contributed by atoms with E-state index in [0.29, 0.717) is 12.1 Å². The van der Waals surface area contributed by atoms with Gasteiger partial charge in [-0.1, -0.05) is 12.1 Å². The zero-order valence-corrected chi connectivity index (χ0v) is 8.33. The fourth-order valence-corrected chi connectivity index (χ4v) is 1.59. The van der Waals surface area contributed by atoms with Crippen molar-refractivity contribution in [1.82, 2.24) is 4.98 Å². The second-order valence-electron chi connectivity index (χ2n) is 3.44. The van der Waals surface area contributed by atoms with Crippen LogP contribution in [0.5, 0.6) is 0 Å². The van der Waals surface area contributed by atoms with Crippen LogP contribution in [0.2, 0.25) is 0 Å². The van der Waals surface area contributed by atoms with E-state index in [1.807, 2.05) is 18.3 Å². The second-order valence-corrected chi connectivity index (χ2v) is 3.44. The monoisotopic (exact) mass is 204 g/mol. The zero-order chi connectivity index (χ0) is 10.7. The third kappa shape index (κ3) is 2.07. The molecule has 0 saturated carbocycles. The number of hydrogen-bond acceptors (Lipinski definition) is 1. The van der Waals surface area contributed by atoms with Gasteiger partial charge in [-0.2, -0.15) is 0 Å². The van der Waals surface area contributed by atoms with Crippen LogP contribution in [0.1, 0.15) is 5.56 Å². The molecule has 2 aromatic rings. The van der Waals surface area contributed by atoms with Crippen molar-refractivity contribution < 1.29 is 4.39 Å². The van der Waals surface area contributed by atoms with Crippen molar-refractivity contribution in [2.24, 2.45) is 5.73 Å². The van der Waals surface area contributed by atoms with Crippen LogP contribution in [-0.2, 0) is 6.42 Å². The van der Waals surface area contributed by atoms with Crippen molar-refractivity contribution in [2.75, 3.05) is 6.54 Å². The zero-order valence-electron chi connectivity index (χ0n) is 8.33. The van der Waals surface area contributed by atoms with Gasteiger partial charge in [0.15, 0.2) is 0 Å². The second kappa shape index (κ2) is 4.28. The highest BCUT2D eigenvalue weighted by Gasteiger charge is 2.05. The van der Waals surface area contributed by atoms with Gasteiger partial charge in [-0.25, -0.2) is 4.39 Å². The molecule has 0 aliphatic carbocycles. The molecule has 0 bridgehead atoms. The molecule has 3 N–H and O–H groups in total. The lowest BCUT2D eigenvalue weighted by Crippen LogP contribution is -2.01. The first-order valence-corrected chi connectivity index (χ1v) is 4.93. The van der Waals surface area contributed by atoms with Gasteiger partial charge in [0.1, 0.15) is 5.82 Å². The van der Waals surface area contributed by atoms with Gasteiger partial charge in [0.25, 0.3) is 0 Å². The summed E-state index contributed by atoms with van der Waals surface area (Å²) in [6.45, 7) is 0.606. The first-order chi connectivity index (χ1) is 7.31. The van der Waals surface area contributed by atoms with Gasteiger partial charge in [-0.05, 0) is 36.7 Å². The molecule has 1 aromatic heterocycles. The van der Waals surface area contributed by atoms with Gasteiger partial charge in [-0.3, -0.25) is 0 Å². The highest BCUT2D eigenvalue weighted by molar-refractivity contribution is 5.60. The van der Waals surface area contributed by atoms with Crippen LogP contribution in [0.25, 0.3) is 11.3 Å². The molecule has 2 rings (SSSR count). The molecule has 0 saturated heterocycles. The van der Waals surface area contributed by atoms with E-state index in [1.54, 1.807) is 12.1 Å². The highest BCUT2D eigenvalue weighted by atomic mass is 19.1. The first-order valence-electron chi connectivity index (χ1n) is 4.93. The van der Waals surface area contributed by atoms with Crippen LogP contribution in [0.3, 0.4) is 0 Å². The summed E-state index contributed by atoms with van der Waals surface area (Å²) in [4.78, 5) is 3.05. The molecule has 0 atom stereocenters. The van der Waals surface area contributed by atoms with Crippen LogP contribution in [0.4, 0.5) is 4.39 Å². The summed E-state index contributed by atoms with van der Waals surface area (Å²) >= 11 is 0. The Morgan fingerprint density at radius 2 is 2.07 bits per heavy atom. The maximum absolute atomic E-state index is 13.4.